The molecule has 5 heteroatoms. The summed E-state index contributed by atoms with van der Waals surface area (Å²) in [4.78, 5) is -0.224. The first kappa shape index (κ1) is 15.4. The van der Waals surface area contributed by atoms with Gasteiger partial charge < -0.3 is 4.74 Å². The van der Waals surface area contributed by atoms with Crippen molar-refractivity contribution in [3.8, 4) is 5.75 Å². The van der Waals surface area contributed by atoms with Crippen LogP contribution >= 0.6 is 31.9 Å². The number of hydrogen-bond acceptors (Lipinski definition) is 1. The van der Waals surface area contributed by atoms with Crippen LogP contribution in [0.25, 0.3) is 0 Å². The number of rotatable bonds is 4. The second-order valence-corrected chi connectivity index (χ2v) is 6.22. The van der Waals surface area contributed by atoms with Gasteiger partial charge in [-0.3, -0.25) is 0 Å². The highest BCUT2D eigenvalue weighted by atomic mass is 79.9. The molecule has 1 atom stereocenters. The van der Waals surface area contributed by atoms with Crippen LogP contribution in [0.1, 0.15) is 16.0 Å². The first-order chi connectivity index (χ1) is 9.52. The van der Waals surface area contributed by atoms with E-state index < -0.39 is 11.6 Å². The number of halogens is 4. The van der Waals surface area contributed by atoms with Crippen LogP contribution in [0, 0.1) is 11.6 Å². The van der Waals surface area contributed by atoms with Gasteiger partial charge in [0.25, 0.3) is 0 Å². The predicted molar refractivity (Wildman–Crippen MR) is 82.4 cm³/mol. The molecule has 0 spiro atoms. The molecular formula is C15H12Br2F2O. The minimum atomic E-state index is -0.534. The Balaban J connectivity index is 2.30. The maximum absolute atomic E-state index is 13.7. The van der Waals surface area contributed by atoms with Crippen molar-refractivity contribution in [3.05, 3.63) is 63.6 Å². The van der Waals surface area contributed by atoms with E-state index in [1.165, 1.54) is 18.2 Å². The molecule has 0 heterocycles. The molecule has 2 aromatic carbocycles. The van der Waals surface area contributed by atoms with E-state index in [1.54, 1.807) is 7.11 Å². The lowest BCUT2D eigenvalue weighted by atomic mass is 10.0. The Labute approximate surface area is 133 Å². The van der Waals surface area contributed by atoms with Crippen LogP contribution in [0.15, 0.2) is 40.9 Å². The van der Waals surface area contributed by atoms with E-state index in [1.807, 2.05) is 18.2 Å². The number of benzene rings is 2. The van der Waals surface area contributed by atoms with Crippen LogP contribution < -0.4 is 4.74 Å². The van der Waals surface area contributed by atoms with Gasteiger partial charge in [-0.25, -0.2) is 8.78 Å². The summed E-state index contributed by atoms with van der Waals surface area (Å²) in [5.41, 5.74) is 0.955. The highest BCUT2D eigenvalue weighted by molar-refractivity contribution is 9.11. The summed E-state index contributed by atoms with van der Waals surface area (Å²) in [6.07, 6.45) is 0.213. The maximum Gasteiger partial charge on any atom is 0.129 e. The highest BCUT2D eigenvalue weighted by Gasteiger charge is 2.17. The highest BCUT2D eigenvalue weighted by Crippen LogP contribution is 2.35. The standard InChI is InChI=1S/C15H12Br2F2O/c1-20-9-5-6-12(16)10(7-9)13(17)8-11-14(18)3-2-4-15(11)19/h2-7,13H,8H2,1H3. The Morgan fingerprint density at radius 3 is 2.40 bits per heavy atom. The summed E-state index contributed by atoms with van der Waals surface area (Å²) in [5.74, 6) is -0.372. The molecule has 0 aliphatic heterocycles. The zero-order valence-corrected chi connectivity index (χ0v) is 13.8. The maximum atomic E-state index is 13.7. The zero-order chi connectivity index (χ0) is 14.7. The second kappa shape index (κ2) is 6.68. The predicted octanol–water partition coefficient (Wildman–Crippen LogP) is 5.41. The van der Waals surface area contributed by atoms with Crippen molar-refractivity contribution in [3.63, 3.8) is 0 Å². The molecule has 0 aromatic heterocycles. The van der Waals surface area contributed by atoms with E-state index in [0.29, 0.717) is 5.75 Å². The van der Waals surface area contributed by atoms with Crippen LogP contribution in [-0.4, -0.2) is 7.11 Å². The average molecular weight is 406 g/mol. The topological polar surface area (TPSA) is 9.23 Å². The molecule has 2 aromatic rings. The molecule has 20 heavy (non-hydrogen) atoms. The molecule has 0 saturated carbocycles. The molecule has 1 unspecified atom stereocenters. The van der Waals surface area contributed by atoms with Gasteiger partial charge in [0.1, 0.15) is 17.4 Å². The molecule has 1 nitrogen and oxygen atoms in total. The van der Waals surface area contributed by atoms with Gasteiger partial charge >= 0.3 is 0 Å². The minimum Gasteiger partial charge on any atom is -0.497 e. The lowest BCUT2D eigenvalue weighted by Crippen LogP contribution is -2.02. The van der Waals surface area contributed by atoms with Crippen molar-refractivity contribution < 1.29 is 13.5 Å². The largest absolute Gasteiger partial charge is 0.497 e. The van der Waals surface area contributed by atoms with Gasteiger partial charge in [-0.2, -0.15) is 0 Å². The quantitative estimate of drug-likeness (QED) is 0.617. The van der Waals surface area contributed by atoms with Gasteiger partial charge in [0.15, 0.2) is 0 Å². The third-order valence-corrected chi connectivity index (χ3v) is 4.52. The Bertz CT molecular complexity index is 597. The monoisotopic (exact) mass is 404 g/mol. The Morgan fingerprint density at radius 2 is 1.80 bits per heavy atom. The van der Waals surface area contributed by atoms with Crippen molar-refractivity contribution in [1.29, 1.82) is 0 Å². The van der Waals surface area contributed by atoms with E-state index in [9.17, 15) is 8.78 Å². The number of ether oxygens (including phenoxy) is 1. The van der Waals surface area contributed by atoms with E-state index in [-0.39, 0.29) is 16.8 Å². The first-order valence-corrected chi connectivity index (χ1v) is 7.64. The van der Waals surface area contributed by atoms with Crippen molar-refractivity contribution in [1.82, 2.24) is 0 Å². The zero-order valence-electron chi connectivity index (χ0n) is 10.7. The summed E-state index contributed by atoms with van der Waals surface area (Å²) in [7, 11) is 1.58. The van der Waals surface area contributed by atoms with Gasteiger partial charge in [0.2, 0.25) is 0 Å². The normalized spacial score (nSPS) is 12.2. The molecule has 2 rings (SSSR count). The molecule has 0 radical (unpaired) electrons. The summed E-state index contributed by atoms with van der Waals surface area (Å²) in [6.45, 7) is 0. The lowest BCUT2D eigenvalue weighted by Gasteiger charge is -2.14. The Morgan fingerprint density at radius 1 is 1.15 bits per heavy atom. The molecule has 0 aliphatic rings. The average Bonchev–Trinajstić information content (AvgIpc) is 2.43. The Kier molecular flexibility index (Phi) is 5.16. The second-order valence-electron chi connectivity index (χ2n) is 4.26. The molecular weight excluding hydrogens is 394 g/mol. The minimum absolute atomic E-state index is 0.0732. The van der Waals surface area contributed by atoms with Crippen molar-refractivity contribution >= 4 is 31.9 Å². The van der Waals surface area contributed by atoms with Gasteiger partial charge in [0.05, 0.1) is 7.11 Å². The van der Waals surface area contributed by atoms with E-state index in [0.717, 1.165) is 10.0 Å². The smallest absolute Gasteiger partial charge is 0.129 e. The number of methoxy groups -OCH3 is 1. The van der Waals surface area contributed by atoms with Crippen LogP contribution in [0.4, 0.5) is 8.78 Å². The third kappa shape index (κ3) is 3.38. The molecule has 0 aliphatic carbocycles. The number of hydrogen-bond donors (Lipinski definition) is 0. The van der Waals surface area contributed by atoms with Gasteiger partial charge in [0, 0.05) is 14.9 Å². The van der Waals surface area contributed by atoms with E-state index in [2.05, 4.69) is 31.9 Å². The fourth-order valence-electron chi connectivity index (χ4n) is 1.91. The fraction of sp³-hybridized carbons (Fsp3) is 0.200. The summed E-state index contributed by atoms with van der Waals surface area (Å²) in [6, 6.07) is 9.38. The molecule has 0 saturated heterocycles. The number of alkyl halides is 1. The van der Waals surface area contributed by atoms with Crippen molar-refractivity contribution in [2.24, 2.45) is 0 Å². The van der Waals surface area contributed by atoms with Crippen LogP contribution in [0.5, 0.6) is 5.75 Å². The molecule has 0 bridgehead atoms. The SMILES string of the molecule is COc1ccc(Br)c(C(Br)Cc2c(F)cccc2F)c1. The molecule has 0 amide bonds. The fourth-order valence-corrected chi connectivity index (χ4v) is 3.44. The van der Waals surface area contributed by atoms with Crippen LogP contribution in [-0.2, 0) is 6.42 Å². The van der Waals surface area contributed by atoms with Crippen LogP contribution in [0.3, 0.4) is 0 Å². The molecule has 0 N–H and O–H groups in total. The van der Waals surface area contributed by atoms with Crippen molar-refractivity contribution in [2.45, 2.75) is 11.2 Å². The van der Waals surface area contributed by atoms with Crippen molar-refractivity contribution in [2.75, 3.05) is 7.11 Å². The van der Waals surface area contributed by atoms with E-state index in [4.69, 9.17) is 4.74 Å². The van der Waals surface area contributed by atoms with Gasteiger partial charge in [-0.05, 0) is 42.3 Å². The summed E-state index contributed by atoms with van der Waals surface area (Å²) in [5, 5.41) is 0. The molecule has 0 fully saturated rings. The summed E-state index contributed by atoms with van der Waals surface area (Å²) >= 11 is 6.92. The van der Waals surface area contributed by atoms with Gasteiger partial charge in [-0.15, -0.1) is 0 Å². The first-order valence-electron chi connectivity index (χ1n) is 5.93. The summed E-state index contributed by atoms with van der Waals surface area (Å²) < 4.78 is 33.4. The Hall–Kier alpha value is -0.940. The van der Waals surface area contributed by atoms with E-state index >= 15 is 0 Å². The third-order valence-electron chi connectivity index (χ3n) is 2.99. The molecule has 106 valence electrons. The lowest BCUT2D eigenvalue weighted by molar-refractivity contribution is 0.414. The van der Waals surface area contributed by atoms with Gasteiger partial charge in [-0.1, -0.05) is 37.9 Å². The van der Waals surface area contributed by atoms with Crippen LogP contribution in [0.2, 0.25) is 0 Å².